The van der Waals surface area contributed by atoms with Crippen LogP contribution in [-0.4, -0.2) is 37.2 Å². The first-order chi connectivity index (χ1) is 5.22. The molecular weight excluding hydrogens is 164 g/mol. The summed E-state index contributed by atoms with van der Waals surface area (Å²) in [6.07, 6.45) is 1.94. The largest absolute Gasteiger partial charge is 0.464 e. The molecule has 0 fully saturated rings. The third kappa shape index (κ3) is 5.06. The summed E-state index contributed by atoms with van der Waals surface area (Å²) in [7, 11) is 0. The van der Waals surface area contributed by atoms with Gasteiger partial charge >= 0.3 is 5.97 Å². The van der Waals surface area contributed by atoms with Crippen LogP contribution in [0.2, 0.25) is 0 Å². The number of ether oxygens (including phenoxy) is 1. The van der Waals surface area contributed by atoms with Crippen molar-refractivity contribution in [1.82, 2.24) is 0 Å². The predicted molar refractivity (Wildman–Crippen MR) is 46.4 cm³/mol. The summed E-state index contributed by atoms with van der Waals surface area (Å²) in [5.74, 6) is 0.379. The molecule has 4 nitrogen and oxygen atoms in total. The highest BCUT2D eigenvalue weighted by Gasteiger charge is 2.11. The second-order valence-electron chi connectivity index (χ2n) is 2.00. The van der Waals surface area contributed by atoms with Crippen molar-refractivity contribution >= 4 is 17.7 Å². The summed E-state index contributed by atoms with van der Waals surface area (Å²) in [4.78, 5) is 10.8. The minimum atomic E-state index is -0.670. The molecule has 0 aromatic heterocycles. The van der Waals surface area contributed by atoms with E-state index in [1.165, 1.54) is 0 Å². The fourth-order valence-corrected chi connectivity index (χ4v) is 0.679. The SMILES string of the molecule is CSCCOC(=O)[C@@H](N)CN. The van der Waals surface area contributed by atoms with Crippen LogP contribution >= 0.6 is 11.8 Å². The molecule has 0 radical (unpaired) electrons. The summed E-state index contributed by atoms with van der Waals surface area (Å²) in [5, 5.41) is 0. The fraction of sp³-hybridized carbons (Fsp3) is 0.833. The number of rotatable bonds is 5. The van der Waals surface area contributed by atoms with Crippen molar-refractivity contribution in [2.45, 2.75) is 6.04 Å². The third-order valence-electron chi connectivity index (χ3n) is 1.09. The van der Waals surface area contributed by atoms with Crippen molar-refractivity contribution in [2.75, 3.05) is 25.2 Å². The van der Waals surface area contributed by atoms with Crippen LogP contribution in [0, 0.1) is 0 Å². The van der Waals surface area contributed by atoms with Crippen molar-refractivity contribution in [3.63, 3.8) is 0 Å². The lowest BCUT2D eigenvalue weighted by atomic mass is 10.3. The molecule has 66 valence electrons. The number of hydrogen-bond donors (Lipinski definition) is 2. The molecule has 0 amide bonds. The zero-order valence-electron chi connectivity index (χ0n) is 6.58. The monoisotopic (exact) mass is 178 g/mol. The molecule has 0 spiro atoms. The first-order valence-corrected chi connectivity index (χ1v) is 4.73. The molecule has 0 aliphatic carbocycles. The Morgan fingerprint density at radius 2 is 2.36 bits per heavy atom. The van der Waals surface area contributed by atoms with E-state index < -0.39 is 12.0 Å². The van der Waals surface area contributed by atoms with E-state index >= 15 is 0 Å². The highest BCUT2D eigenvalue weighted by atomic mass is 32.2. The highest BCUT2D eigenvalue weighted by molar-refractivity contribution is 7.98. The average Bonchev–Trinajstić information content (AvgIpc) is 2.03. The van der Waals surface area contributed by atoms with Crippen LogP contribution in [-0.2, 0) is 9.53 Å². The first-order valence-electron chi connectivity index (χ1n) is 3.33. The van der Waals surface area contributed by atoms with E-state index in [0.29, 0.717) is 6.61 Å². The lowest BCUT2D eigenvalue weighted by Crippen LogP contribution is -2.39. The van der Waals surface area contributed by atoms with Gasteiger partial charge in [-0.2, -0.15) is 11.8 Å². The quantitative estimate of drug-likeness (QED) is 0.425. The van der Waals surface area contributed by atoms with E-state index in [4.69, 9.17) is 16.2 Å². The van der Waals surface area contributed by atoms with Gasteiger partial charge in [-0.15, -0.1) is 0 Å². The van der Waals surface area contributed by atoms with Gasteiger partial charge in [-0.1, -0.05) is 0 Å². The van der Waals surface area contributed by atoms with Gasteiger partial charge < -0.3 is 16.2 Å². The van der Waals surface area contributed by atoms with E-state index in [9.17, 15) is 4.79 Å². The van der Waals surface area contributed by atoms with Gasteiger partial charge in [-0.25, -0.2) is 0 Å². The van der Waals surface area contributed by atoms with Gasteiger partial charge in [-0.05, 0) is 6.26 Å². The van der Waals surface area contributed by atoms with Crippen molar-refractivity contribution in [2.24, 2.45) is 11.5 Å². The van der Waals surface area contributed by atoms with Crippen molar-refractivity contribution in [3.05, 3.63) is 0 Å². The first kappa shape index (κ1) is 10.7. The molecule has 0 aliphatic rings. The van der Waals surface area contributed by atoms with Gasteiger partial charge in [-0.3, -0.25) is 4.79 Å². The van der Waals surface area contributed by atoms with E-state index in [1.54, 1.807) is 11.8 Å². The van der Waals surface area contributed by atoms with Gasteiger partial charge in [0.05, 0.1) is 0 Å². The van der Waals surface area contributed by atoms with Crippen LogP contribution in [0.4, 0.5) is 0 Å². The second-order valence-corrected chi connectivity index (χ2v) is 2.99. The number of hydrogen-bond acceptors (Lipinski definition) is 5. The number of carbonyl (C=O) groups excluding carboxylic acids is 1. The molecule has 0 aliphatic heterocycles. The maximum Gasteiger partial charge on any atom is 0.324 e. The standard InChI is InChI=1S/C6H14N2O2S/c1-11-3-2-10-6(9)5(8)4-7/h5H,2-4,7-8H2,1H3/t5-/m0/s1. The highest BCUT2D eigenvalue weighted by Crippen LogP contribution is 1.91. The van der Waals surface area contributed by atoms with Crippen LogP contribution in [0.25, 0.3) is 0 Å². The summed E-state index contributed by atoms with van der Waals surface area (Å²) < 4.78 is 4.77. The molecule has 11 heavy (non-hydrogen) atoms. The van der Waals surface area contributed by atoms with Gasteiger partial charge in [0.1, 0.15) is 12.6 Å². The Morgan fingerprint density at radius 3 is 2.82 bits per heavy atom. The lowest BCUT2D eigenvalue weighted by molar-refractivity contribution is -0.144. The number of carbonyl (C=O) groups is 1. The molecular formula is C6H14N2O2S. The van der Waals surface area contributed by atoms with Crippen molar-refractivity contribution in [3.8, 4) is 0 Å². The molecule has 5 heteroatoms. The molecule has 4 N–H and O–H groups in total. The molecule has 0 aromatic rings. The lowest BCUT2D eigenvalue weighted by Gasteiger charge is -2.07. The Bertz CT molecular complexity index is 121. The van der Waals surface area contributed by atoms with Crippen molar-refractivity contribution in [1.29, 1.82) is 0 Å². The van der Waals surface area contributed by atoms with E-state index in [1.807, 2.05) is 6.26 Å². The predicted octanol–water partition coefficient (Wildman–Crippen LogP) is -0.821. The van der Waals surface area contributed by atoms with E-state index in [-0.39, 0.29) is 6.54 Å². The topological polar surface area (TPSA) is 78.3 Å². The minimum absolute atomic E-state index is 0.137. The molecule has 0 saturated heterocycles. The maximum absolute atomic E-state index is 10.8. The molecule has 0 bridgehead atoms. The Balaban J connectivity index is 3.36. The third-order valence-corrected chi connectivity index (χ3v) is 1.66. The van der Waals surface area contributed by atoms with Gasteiger partial charge in [0.25, 0.3) is 0 Å². The molecule has 0 saturated carbocycles. The van der Waals surface area contributed by atoms with Crippen LogP contribution in [0.3, 0.4) is 0 Å². The molecule has 0 unspecified atom stereocenters. The van der Waals surface area contributed by atoms with Crippen LogP contribution < -0.4 is 11.5 Å². The number of esters is 1. The van der Waals surface area contributed by atoms with Crippen LogP contribution in [0.5, 0.6) is 0 Å². The number of thioether (sulfide) groups is 1. The Morgan fingerprint density at radius 1 is 1.73 bits per heavy atom. The summed E-state index contributed by atoms with van der Waals surface area (Å²) >= 11 is 1.61. The smallest absolute Gasteiger partial charge is 0.324 e. The van der Waals surface area contributed by atoms with Gasteiger partial charge in [0.2, 0.25) is 0 Å². The fourth-order valence-electron chi connectivity index (χ4n) is 0.429. The Kier molecular flexibility index (Phi) is 6.30. The zero-order valence-corrected chi connectivity index (χ0v) is 7.39. The summed E-state index contributed by atoms with van der Waals surface area (Å²) in [6.45, 7) is 0.547. The summed E-state index contributed by atoms with van der Waals surface area (Å²) in [5.41, 5.74) is 10.4. The maximum atomic E-state index is 10.8. The summed E-state index contributed by atoms with van der Waals surface area (Å²) in [6, 6.07) is -0.670. The van der Waals surface area contributed by atoms with Crippen LogP contribution in [0.15, 0.2) is 0 Å². The molecule has 0 aromatic carbocycles. The normalized spacial score (nSPS) is 12.6. The number of nitrogens with two attached hydrogens (primary N) is 2. The van der Waals surface area contributed by atoms with Gasteiger partial charge in [0, 0.05) is 12.3 Å². The molecule has 1 atom stereocenters. The average molecular weight is 178 g/mol. The zero-order chi connectivity index (χ0) is 8.69. The van der Waals surface area contributed by atoms with E-state index in [0.717, 1.165) is 5.75 Å². The Hall–Kier alpha value is -0.260. The van der Waals surface area contributed by atoms with E-state index in [2.05, 4.69) is 0 Å². The minimum Gasteiger partial charge on any atom is -0.464 e. The van der Waals surface area contributed by atoms with Crippen molar-refractivity contribution < 1.29 is 9.53 Å². The molecule has 0 rings (SSSR count). The van der Waals surface area contributed by atoms with Gasteiger partial charge in [0.15, 0.2) is 0 Å². The molecule has 0 heterocycles. The second kappa shape index (κ2) is 6.45. The van der Waals surface area contributed by atoms with Crippen LogP contribution in [0.1, 0.15) is 0 Å². The Labute approximate surface area is 70.6 Å².